The number of nitrogens with zero attached hydrogens (tertiary/aromatic N) is 1. The van der Waals surface area contributed by atoms with E-state index >= 15 is 0 Å². The lowest BCUT2D eigenvalue weighted by molar-refractivity contribution is 0.0798. The van der Waals surface area contributed by atoms with E-state index in [-0.39, 0.29) is 0 Å². The Morgan fingerprint density at radius 1 is 1.31 bits per heavy atom. The molecule has 0 aromatic heterocycles. The monoisotopic (exact) mass is 224 g/mol. The van der Waals surface area contributed by atoms with Gasteiger partial charge in [0.2, 0.25) is 0 Å². The van der Waals surface area contributed by atoms with E-state index in [9.17, 15) is 0 Å². The zero-order chi connectivity index (χ0) is 11.8. The molecule has 0 bridgehead atoms. The van der Waals surface area contributed by atoms with Gasteiger partial charge in [0, 0.05) is 30.7 Å². The lowest BCUT2D eigenvalue weighted by Crippen LogP contribution is -2.62. The van der Waals surface area contributed by atoms with Gasteiger partial charge in [-0.1, -0.05) is 20.3 Å². The van der Waals surface area contributed by atoms with Crippen molar-refractivity contribution in [1.29, 1.82) is 0 Å². The third-order valence-corrected chi connectivity index (χ3v) is 4.31. The van der Waals surface area contributed by atoms with Crippen molar-refractivity contribution in [3.8, 4) is 0 Å². The maximum absolute atomic E-state index is 3.68. The summed E-state index contributed by atoms with van der Waals surface area (Å²) in [6.07, 6.45) is 5.54. The van der Waals surface area contributed by atoms with Crippen molar-refractivity contribution in [2.24, 2.45) is 5.92 Å². The first-order valence-corrected chi connectivity index (χ1v) is 7.08. The Bertz CT molecular complexity index is 237. The van der Waals surface area contributed by atoms with Crippen LogP contribution in [0.5, 0.6) is 0 Å². The lowest BCUT2D eigenvalue weighted by Gasteiger charge is -2.45. The smallest absolute Gasteiger partial charge is 0.0253 e. The molecule has 1 N–H and O–H groups in total. The van der Waals surface area contributed by atoms with E-state index in [1.165, 1.54) is 38.8 Å². The molecule has 2 heteroatoms. The van der Waals surface area contributed by atoms with Crippen molar-refractivity contribution >= 4 is 0 Å². The van der Waals surface area contributed by atoms with Crippen LogP contribution >= 0.6 is 0 Å². The molecular formula is C14H28N2. The van der Waals surface area contributed by atoms with Crippen molar-refractivity contribution < 1.29 is 0 Å². The topological polar surface area (TPSA) is 15.3 Å². The molecule has 16 heavy (non-hydrogen) atoms. The van der Waals surface area contributed by atoms with Crippen molar-refractivity contribution in [1.82, 2.24) is 10.2 Å². The largest absolute Gasteiger partial charge is 0.309 e. The Morgan fingerprint density at radius 2 is 2.06 bits per heavy atom. The van der Waals surface area contributed by atoms with Gasteiger partial charge in [-0.2, -0.15) is 0 Å². The molecule has 2 rings (SSSR count). The predicted molar refractivity (Wildman–Crippen MR) is 69.7 cm³/mol. The van der Waals surface area contributed by atoms with Gasteiger partial charge in [-0.3, -0.25) is 4.90 Å². The fourth-order valence-corrected chi connectivity index (χ4v) is 3.24. The molecule has 94 valence electrons. The number of piperazine rings is 1. The maximum Gasteiger partial charge on any atom is 0.0253 e. The third kappa shape index (κ3) is 2.60. The molecule has 1 aliphatic carbocycles. The van der Waals surface area contributed by atoms with E-state index in [0.29, 0.717) is 5.54 Å². The molecule has 1 heterocycles. The summed E-state index contributed by atoms with van der Waals surface area (Å²) in [5, 5.41) is 3.68. The Labute approximate surface area is 101 Å². The summed E-state index contributed by atoms with van der Waals surface area (Å²) < 4.78 is 0. The van der Waals surface area contributed by atoms with Gasteiger partial charge in [0.1, 0.15) is 0 Å². The molecule has 2 fully saturated rings. The Morgan fingerprint density at radius 3 is 2.69 bits per heavy atom. The maximum atomic E-state index is 3.68. The molecule has 0 aromatic carbocycles. The van der Waals surface area contributed by atoms with Gasteiger partial charge in [0.15, 0.2) is 0 Å². The highest BCUT2D eigenvalue weighted by Crippen LogP contribution is 2.41. The van der Waals surface area contributed by atoms with Crippen LogP contribution in [0.1, 0.15) is 53.4 Å². The van der Waals surface area contributed by atoms with Crippen LogP contribution in [0.3, 0.4) is 0 Å². The van der Waals surface area contributed by atoms with Gasteiger partial charge in [0.05, 0.1) is 0 Å². The van der Waals surface area contributed by atoms with Gasteiger partial charge in [-0.05, 0) is 39.0 Å². The summed E-state index contributed by atoms with van der Waals surface area (Å²) in [7, 11) is 0. The summed E-state index contributed by atoms with van der Waals surface area (Å²) in [5.74, 6) is 1.01. The first-order chi connectivity index (χ1) is 7.57. The van der Waals surface area contributed by atoms with Crippen LogP contribution in [-0.2, 0) is 0 Å². The van der Waals surface area contributed by atoms with Crippen LogP contribution in [0.25, 0.3) is 0 Å². The van der Waals surface area contributed by atoms with Crippen LogP contribution in [0.2, 0.25) is 0 Å². The van der Waals surface area contributed by atoms with Gasteiger partial charge in [-0.25, -0.2) is 0 Å². The third-order valence-electron chi connectivity index (χ3n) is 4.31. The van der Waals surface area contributed by atoms with Crippen LogP contribution in [0, 0.1) is 5.92 Å². The molecule has 0 amide bonds. The van der Waals surface area contributed by atoms with E-state index in [2.05, 4.69) is 37.9 Å². The van der Waals surface area contributed by atoms with Crippen LogP contribution in [0.4, 0.5) is 0 Å². The fourth-order valence-electron chi connectivity index (χ4n) is 3.24. The second-order valence-electron chi connectivity index (χ2n) is 6.35. The average molecular weight is 224 g/mol. The van der Waals surface area contributed by atoms with E-state index in [1.54, 1.807) is 0 Å². The fraction of sp³-hybridized carbons (Fsp3) is 1.00. The van der Waals surface area contributed by atoms with Crippen LogP contribution < -0.4 is 5.32 Å². The zero-order valence-electron chi connectivity index (χ0n) is 11.4. The van der Waals surface area contributed by atoms with E-state index in [1.807, 2.05) is 0 Å². The Kier molecular flexibility index (Phi) is 3.60. The predicted octanol–water partition coefficient (Wildman–Crippen LogP) is 2.64. The molecule has 0 radical (unpaired) electrons. The van der Waals surface area contributed by atoms with E-state index in [4.69, 9.17) is 0 Å². The molecule has 1 saturated heterocycles. The van der Waals surface area contributed by atoms with Gasteiger partial charge < -0.3 is 5.32 Å². The summed E-state index contributed by atoms with van der Waals surface area (Å²) in [4.78, 5) is 2.80. The van der Waals surface area contributed by atoms with Crippen LogP contribution in [0.15, 0.2) is 0 Å². The standard InChI is InChI=1S/C14H28N2/c1-5-7-11-8-13(11)16-10-14(3,4)15-9-12(16)6-2/h11-13,15H,5-10H2,1-4H3. The van der Waals surface area contributed by atoms with Gasteiger partial charge in [-0.15, -0.1) is 0 Å². The molecule has 2 aliphatic rings. The highest BCUT2D eigenvalue weighted by Gasteiger charge is 2.46. The minimum Gasteiger partial charge on any atom is -0.309 e. The summed E-state index contributed by atoms with van der Waals surface area (Å²) >= 11 is 0. The molecule has 2 nitrogen and oxygen atoms in total. The molecule has 0 spiro atoms. The first-order valence-electron chi connectivity index (χ1n) is 7.08. The normalized spacial score (nSPS) is 38.6. The summed E-state index contributed by atoms with van der Waals surface area (Å²) in [5.41, 5.74) is 0.311. The molecule has 1 aliphatic heterocycles. The quantitative estimate of drug-likeness (QED) is 0.790. The van der Waals surface area contributed by atoms with E-state index in [0.717, 1.165) is 18.0 Å². The molecule has 1 saturated carbocycles. The summed E-state index contributed by atoms with van der Waals surface area (Å²) in [6, 6.07) is 1.69. The number of hydrogen-bond donors (Lipinski definition) is 1. The van der Waals surface area contributed by atoms with Crippen LogP contribution in [-0.4, -0.2) is 35.6 Å². The van der Waals surface area contributed by atoms with Gasteiger partial charge in [0.25, 0.3) is 0 Å². The van der Waals surface area contributed by atoms with Gasteiger partial charge >= 0.3 is 0 Å². The lowest BCUT2D eigenvalue weighted by atomic mass is 9.97. The Balaban J connectivity index is 1.94. The molecule has 3 atom stereocenters. The van der Waals surface area contributed by atoms with Crippen molar-refractivity contribution in [2.75, 3.05) is 13.1 Å². The molecule has 3 unspecified atom stereocenters. The zero-order valence-corrected chi connectivity index (χ0v) is 11.4. The highest BCUT2D eigenvalue weighted by atomic mass is 15.3. The van der Waals surface area contributed by atoms with Crippen molar-refractivity contribution in [3.63, 3.8) is 0 Å². The highest BCUT2D eigenvalue weighted by molar-refractivity contribution is 5.02. The second kappa shape index (κ2) is 4.66. The summed E-state index contributed by atoms with van der Waals surface area (Å²) in [6.45, 7) is 11.7. The molecule has 0 aromatic rings. The SMILES string of the molecule is CCCC1CC1N1CC(C)(C)NCC1CC. The minimum absolute atomic E-state index is 0.311. The van der Waals surface area contributed by atoms with E-state index < -0.39 is 0 Å². The number of nitrogens with one attached hydrogen (secondary N) is 1. The van der Waals surface area contributed by atoms with Crippen molar-refractivity contribution in [3.05, 3.63) is 0 Å². The number of hydrogen-bond acceptors (Lipinski definition) is 2. The first kappa shape index (κ1) is 12.4. The number of rotatable bonds is 4. The van der Waals surface area contributed by atoms with Crippen molar-refractivity contribution in [2.45, 2.75) is 71.0 Å². The average Bonchev–Trinajstić information content (AvgIpc) is 2.97. The Hall–Kier alpha value is -0.0800. The second-order valence-corrected chi connectivity index (χ2v) is 6.35. The minimum atomic E-state index is 0.311. The molecular weight excluding hydrogens is 196 g/mol.